The fourth-order valence-electron chi connectivity index (χ4n) is 5.16. The largest absolute Gasteiger partial charge is 0.493 e. The number of benzene rings is 3. The van der Waals surface area contributed by atoms with Crippen molar-refractivity contribution in [2.24, 2.45) is 0 Å². The summed E-state index contributed by atoms with van der Waals surface area (Å²) < 4.78 is 59.4. The highest BCUT2D eigenvalue weighted by Crippen LogP contribution is 2.38. The number of hydrogen-bond acceptors (Lipinski definition) is 8. The Hall–Kier alpha value is -4.42. The van der Waals surface area contributed by atoms with Crippen LogP contribution in [0.15, 0.2) is 66.9 Å². The van der Waals surface area contributed by atoms with Crippen molar-refractivity contribution in [3.8, 4) is 23.0 Å². The zero-order valence-corrected chi connectivity index (χ0v) is 26.2. The van der Waals surface area contributed by atoms with Gasteiger partial charge in [0.1, 0.15) is 5.75 Å². The average molecular weight is 637 g/mol. The van der Waals surface area contributed by atoms with E-state index in [1.165, 1.54) is 31.4 Å². The predicted molar refractivity (Wildman–Crippen MR) is 171 cm³/mol. The summed E-state index contributed by atoms with van der Waals surface area (Å²) in [5.74, 6) is 0.169. The number of rotatable bonds is 12. The van der Waals surface area contributed by atoms with Gasteiger partial charge in [-0.15, -0.1) is 0 Å². The van der Waals surface area contributed by atoms with E-state index in [9.17, 15) is 13.2 Å². The number of halogens is 1. The Balaban J connectivity index is 1.21. The normalized spacial score (nSPS) is 13.8. The third-order valence-electron chi connectivity index (χ3n) is 7.45. The van der Waals surface area contributed by atoms with Crippen molar-refractivity contribution in [2.75, 3.05) is 38.7 Å². The number of fused-ring (bicyclic) bond motifs is 1. The fraction of sp³-hybridized carbons (Fsp3) is 0.333. The molecule has 0 atom stereocenters. The number of aromatic nitrogens is 1. The van der Waals surface area contributed by atoms with Gasteiger partial charge in [-0.05, 0) is 69.1 Å². The molecule has 0 spiro atoms. The van der Waals surface area contributed by atoms with Gasteiger partial charge in [0.15, 0.2) is 23.1 Å². The van der Waals surface area contributed by atoms with Crippen molar-refractivity contribution in [3.63, 3.8) is 0 Å². The van der Waals surface area contributed by atoms with Gasteiger partial charge in [-0.25, -0.2) is 22.3 Å². The second kappa shape index (κ2) is 14.6. The minimum absolute atomic E-state index is 0.0474. The molecule has 3 aromatic carbocycles. The molecule has 10 nitrogen and oxygen atoms in total. The summed E-state index contributed by atoms with van der Waals surface area (Å²) in [4.78, 5) is 19.3. The number of hydrogen-bond donors (Lipinski definition) is 2. The number of piperidine rings is 1. The van der Waals surface area contributed by atoms with Crippen LogP contribution in [-0.4, -0.2) is 57.7 Å². The molecule has 0 unspecified atom stereocenters. The molecule has 2 heterocycles. The number of pyridine rings is 1. The molecule has 1 aliphatic heterocycles. The number of methoxy groups -OCH3 is 1. The maximum atomic E-state index is 15.1. The van der Waals surface area contributed by atoms with Gasteiger partial charge < -0.3 is 24.4 Å². The van der Waals surface area contributed by atoms with Crippen LogP contribution in [0.4, 0.5) is 14.9 Å². The van der Waals surface area contributed by atoms with Crippen molar-refractivity contribution in [1.29, 1.82) is 0 Å². The number of anilines is 1. The van der Waals surface area contributed by atoms with Crippen LogP contribution in [0.25, 0.3) is 10.9 Å². The number of nitrogens with zero attached hydrogens (tertiary/aromatic N) is 2. The summed E-state index contributed by atoms with van der Waals surface area (Å²) in [5.41, 5.74) is 2.15. The van der Waals surface area contributed by atoms with E-state index in [0.29, 0.717) is 40.3 Å². The number of carbonyl (C=O) groups is 1. The molecule has 2 N–H and O–H groups in total. The Morgan fingerprint density at radius 1 is 0.956 bits per heavy atom. The maximum absolute atomic E-state index is 15.1. The Labute approximate surface area is 262 Å². The molecule has 12 heteroatoms. The maximum Gasteiger partial charge on any atom is 0.332 e. The number of aryl methyl sites for hydroxylation is 1. The first kappa shape index (κ1) is 32.0. The van der Waals surface area contributed by atoms with Gasteiger partial charge in [0.2, 0.25) is 10.0 Å². The molecular formula is C33H37FN4O6S. The minimum Gasteiger partial charge on any atom is -0.493 e. The Morgan fingerprint density at radius 2 is 1.73 bits per heavy atom. The van der Waals surface area contributed by atoms with E-state index in [-0.39, 0.29) is 17.2 Å². The third kappa shape index (κ3) is 8.83. The molecule has 4 aromatic rings. The first-order chi connectivity index (χ1) is 21.7. The van der Waals surface area contributed by atoms with Gasteiger partial charge in [-0.1, -0.05) is 36.2 Å². The molecule has 0 bridgehead atoms. The number of carbonyl (C=O) groups excluding carboxylic acids is 1. The van der Waals surface area contributed by atoms with Crippen LogP contribution in [0, 0.1) is 12.7 Å². The van der Waals surface area contributed by atoms with Gasteiger partial charge in [0.05, 0.1) is 25.0 Å². The van der Waals surface area contributed by atoms with Gasteiger partial charge in [0, 0.05) is 35.9 Å². The highest BCUT2D eigenvalue weighted by Gasteiger charge is 2.18. The van der Waals surface area contributed by atoms with Gasteiger partial charge in [-0.3, -0.25) is 4.98 Å². The molecule has 0 saturated carbocycles. The molecule has 238 valence electrons. The predicted octanol–water partition coefficient (Wildman–Crippen LogP) is 6.39. The van der Waals surface area contributed by atoms with Crippen LogP contribution < -0.4 is 24.2 Å². The van der Waals surface area contributed by atoms with Crippen LogP contribution in [0.1, 0.15) is 36.8 Å². The fourth-order valence-corrected chi connectivity index (χ4v) is 6.20. The molecule has 1 saturated heterocycles. The van der Waals surface area contributed by atoms with Gasteiger partial charge >= 0.3 is 6.03 Å². The number of amides is 2. The monoisotopic (exact) mass is 636 g/mol. The van der Waals surface area contributed by atoms with E-state index < -0.39 is 21.9 Å². The van der Waals surface area contributed by atoms with E-state index >= 15 is 4.39 Å². The number of likely N-dealkylation sites (tertiary alicyclic amines) is 1. The van der Waals surface area contributed by atoms with Gasteiger partial charge in [0.25, 0.3) is 0 Å². The summed E-state index contributed by atoms with van der Waals surface area (Å²) in [6.45, 7) is 5.70. The standard InChI is InChI=1S/C33H37FN4O6S/c1-23-7-9-24(10-8-23)22-45(40,41)37-33(39)36-25-11-12-30(27(34)19-25)44-29-13-14-35-28-21-32(31(42-2)20-26(28)29)43-18-6-17-38-15-4-3-5-16-38/h7-14,19-21H,3-6,15-18,22H2,1-2H3,(H2,36,37,39). The Kier molecular flexibility index (Phi) is 10.4. The van der Waals surface area contributed by atoms with Crippen LogP contribution in [-0.2, 0) is 15.8 Å². The summed E-state index contributed by atoms with van der Waals surface area (Å²) in [5, 5.41) is 2.94. The molecule has 0 radical (unpaired) electrons. The first-order valence-electron chi connectivity index (χ1n) is 14.9. The van der Waals surface area contributed by atoms with Gasteiger partial charge in [-0.2, -0.15) is 0 Å². The number of sulfonamides is 1. The molecule has 0 aliphatic carbocycles. The van der Waals surface area contributed by atoms with Crippen molar-refractivity contribution < 1.29 is 31.8 Å². The molecule has 45 heavy (non-hydrogen) atoms. The number of nitrogens with one attached hydrogen (secondary N) is 2. The Morgan fingerprint density at radius 3 is 2.47 bits per heavy atom. The van der Waals surface area contributed by atoms with E-state index in [4.69, 9.17) is 14.2 Å². The summed E-state index contributed by atoms with van der Waals surface area (Å²) in [7, 11) is -2.43. The summed E-state index contributed by atoms with van der Waals surface area (Å²) in [6, 6.07) is 14.8. The lowest BCUT2D eigenvalue weighted by atomic mass is 10.1. The smallest absolute Gasteiger partial charge is 0.332 e. The van der Waals surface area contributed by atoms with Crippen molar-refractivity contribution in [2.45, 2.75) is 38.4 Å². The molecule has 1 aromatic heterocycles. The van der Waals surface area contributed by atoms with Crippen molar-refractivity contribution >= 4 is 32.6 Å². The van der Waals surface area contributed by atoms with E-state index in [2.05, 4.69) is 15.2 Å². The lowest BCUT2D eigenvalue weighted by Gasteiger charge is -2.26. The third-order valence-corrected chi connectivity index (χ3v) is 8.66. The molecule has 1 aliphatic rings. The first-order valence-corrected chi connectivity index (χ1v) is 16.5. The van der Waals surface area contributed by atoms with Crippen LogP contribution in [0.5, 0.6) is 23.0 Å². The molecule has 5 rings (SSSR count). The second-order valence-corrected chi connectivity index (χ2v) is 12.7. The molecule has 1 fully saturated rings. The van der Waals surface area contributed by atoms with E-state index in [1.807, 2.05) is 11.6 Å². The average Bonchev–Trinajstić information content (AvgIpc) is 3.01. The van der Waals surface area contributed by atoms with Crippen LogP contribution in [0.3, 0.4) is 0 Å². The zero-order chi connectivity index (χ0) is 31.8. The summed E-state index contributed by atoms with van der Waals surface area (Å²) in [6.07, 6.45) is 6.25. The lowest BCUT2D eigenvalue weighted by molar-refractivity contribution is 0.203. The SMILES string of the molecule is COc1cc2c(Oc3ccc(NC(=O)NS(=O)(=O)Cc4ccc(C)cc4)cc3F)ccnc2cc1OCCCN1CCCCC1. The molecule has 2 amide bonds. The van der Waals surface area contributed by atoms with Crippen LogP contribution in [0.2, 0.25) is 0 Å². The zero-order valence-electron chi connectivity index (χ0n) is 25.3. The van der Waals surface area contributed by atoms with Crippen molar-refractivity contribution in [3.05, 3.63) is 83.8 Å². The van der Waals surface area contributed by atoms with Crippen molar-refractivity contribution in [1.82, 2.24) is 14.6 Å². The minimum atomic E-state index is -3.97. The number of ether oxygens (including phenoxy) is 3. The van der Waals surface area contributed by atoms with E-state index in [1.54, 1.807) is 55.8 Å². The Bertz CT molecular complexity index is 1740. The number of urea groups is 1. The second-order valence-electron chi connectivity index (χ2n) is 11.0. The lowest BCUT2D eigenvalue weighted by Crippen LogP contribution is -2.35. The highest BCUT2D eigenvalue weighted by molar-refractivity contribution is 7.89. The van der Waals surface area contributed by atoms with Crippen LogP contribution >= 0.6 is 0 Å². The summed E-state index contributed by atoms with van der Waals surface area (Å²) >= 11 is 0. The highest BCUT2D eigenvalue weighted by atomic mass is 32.2. The topological polar surface area (TPSA) is 119 Å². The quantitative estimate of drug-likeness (QED) is 0.172. The van der Waals surface area contributed by atoms with E-state index in [0.717, 1.165) is 37.7 Å². The molecular weight excluding hydrogens is 599 g/mol.